The first-order chi connectivity index (χ1) is 9.70. The van der Waals surface area contributed by atoms with Gasteiger partial charge in [-0.2, -0.15) is 5.26 Å². The summed E-state index contributed by atoms with van der Waals surface area (Å²) in [6.45, 7) is 2.05. The van der Waals surface area contributed by atoms with E-state index in [4.69, 9.17) is 9.68 Å². The lowest BCUT2D eigenvalue weighted by molar-refractivity contribution is -0.115. The summed E-state index contributed by atoms with van der Waals surface area (Å²) in [4.78, 5) is 11.8. The average molecular weight is 269 g/mol. The summed E-state index contributed by atoms with van der Waals surface area (Å²) in [6, 6.07) is 12.5. The van der Waals surface area contributed by atoms with Crippen LogP contribution < -0.4 is 10.6 Å². The third-order valence-electron chi connectivity index (χ3n) is 2.86. The predicted molar refractivity (Wildman–Crippen MR) is 74.9 cm³/mol. The molecule has 2 N–H and O–H groups in total. The summed E-state index contributed by atoms with van der Waals surface area (Å²) in [5, 5.41) is 14.7. The van der Waals surface area contributed by atoms with Gasteiger partial charge in [-0.3, -0.25) is 10.1 Å². The molecule has 0 saturated carbocycles. The molecule has 2 aromatic rings. The van der Waals surface area contributed by atoms with E-state index < -0.39 is 0 Å². The van der Waals surface area contributed by atoms with Gasteiger partial charge in [0.15, 0.2) is 0 Å². The Kier molecular flexibility index (Phi) is 4.53. The molecule has 5 heteroatoms. The monoisotopic (exact) mass is 269 g/mol. The van der Waals surface area contributed by atoms with E-state index >= 15 is 0 Å². The van der Waals surface area contributed by atoms with Crippen molar-refractivity contribution >= 4 is 11.6 Å². The van der Waals surface area contributed by atoms with E-state index in [2.05, 4.69) is 10.6 Å². The number of hydrogen-bond acceptors (Lipinski definition) is 4. The summed E-state index contributed by atoms with van der Waals surface area (Å²) in [5.41, 5.74) is 0.965. The molecule has 102 valence electrons. The van der Waals surface area contributed by atoms with Gasteiger partial charge in [-0.15, -0.1) is 0 Å². The molecule has 0 radical (unpaired) electrons. The quantitative estimate of drug-likeness (QED) is 0.873. The van der Waals surface area contributed by atoms with Crippen LogP contribution in [0.2, 0.25) is 0 Å². The van der Waals surface area contributed by atoms with E-state index in [0.717, 1.165) is 5.76 Å². The Morgan fingerprint density at radius 1 is 1.35 bits per heavy atom. The van der Waals surface area contributed by atoms with Crippen LogP contribution in [0.25, 0.3) is 0 Å². The third kappa shape index (κ3) is 3.46. The fourth-order valence-electron chi connectivity index (χ4n) is 1.77. The summed E-state index contributed by atoms with van der Waals surface area (Å²) < 4.78 is 5.25. The second-order valence-electron chi connectivity index (χ2n) is 4.32. The van der Waals surface area contributed by atoms with E-state index in [1.165, 1.54) is 0 Å². The number of benzene rings is 1. The summed E-state index contributed by atoms with van der Waals surface area (Å²) in [7, 11) is 0. The molecule has 1 amide bonds. The van der Waals surface area contributed by atoms with Gasteiger partial charge in [-0.25, -0.2) is 0 Å². The van der Waals surface area contributed by atoms with Crippen molar-refractivity contribution in [2.75, 3.05) is 11.9 Å². The lowest BCUT2D eigenvalue weighted by atomic mass is 10.2. The number of furan rings is 1. The minimum absolute atomic E-state index is 0.0537. The first-order valence-corrected chi connectivity index (χ1v) is 6.26. The largest absolute Gasteiger partial charge is 0.468 e. The van der Waals surface area contributed by atoms with Crippen molar-refractivity contribution in [3.05, 3.63) is 54.0 Å². The zero-order valence-electron chi connectivity index (χ0n) is 11.1. The number of rotatable bonds is 5. The standard InChI is InChI=1S/C15H15N3O2/c1-11(14-7-4-8-20-14)17-10-15(19)18-13-6-3-2-5-12(13)9-16/h2-8,11,17H,10H2,1H3,(H,18,19)/t11-/m0/s1. The van der Waals surface area contributed by atoms with Gasteiger partial charge in [0, 0.05) is 0 Å². The van der Waals surface area contributed by atoms with E-state index in [9.17, 15) is 4.79 Å². The molecular weight excluding hydrogens is 254 g/mol. The van der Waals surface area contributed by atoms with Gasteiger partial charge < -0.3 is 9.73 Å². The van der Waals surface area contributed by atoms with Gasteiger partial charge in [0.05, 0.1) is 30.1 Å². The first kappa shape index (κ1) is 13.8. The van der Waals surface area contributed by atoms with Crippen LogP contribution in [0.5, 0.6) is 0 Å². The molecule has 1 atom stereocenters. The van der Waals surface area contributed by atoms with Gasteiger partial charge in [0.25, 0.3) is 0 Å². The number of nitrogens with one attached hydrogen (secondary N) is 2. The highest BCUT2D eigenvalue weighted by atomic mass is 16.3. The minimum Gasteiger partial charge on any atom is -0.468 e. The Morgan fingerprint density at radius 3 is 2.85 bits per heavy atom. The normalized spacial score (nSPS) is 11.6. The topological polar surface area (TPSA) is 78.1 Å². The van der Waals surface area contributed by atoms with Gasteiger partial charge in [0.2, 0.25) is 5.91 Å². The van der Waals surface area contributed by atoms with Gasteiger partial charge >= 0.3 is 0 Å². The van der Waals surface area contributed by atoms with Crippen LogP contribution in [0.1, 0.15) is 24.3 Å². The van der Waals surface area contributed by atoms with Crippen molar-refractivity contribution in [3.63, 3.8) is 0 Å². The Balaban J connectivity index is 1.88. The highest BCUT2D eigenvalue weighted by Gasteiger charge is 2.10. The molecule has 0 unspecified atom stereocenters. The van der Waals surface area contributed by atoms with Crippen LogP contribution in [-0.2, 0) is 4.79 Å². The Bertz CT molecular complexity index is 614. The van der Waals surface area contributed by atoms with Crippen LogP contribution >= 0.6 is 0 Å². The maximum Gasteiger partial charge on any atom is 0.238 e. The molecule has 1 aromatic carbocycles. The van der Waals surface area contributed by atoms with Crippen molar-refractivity contribution in [1.82, 2.24) is 5.32 Å². The highest BCUT2D eigenvalue weighted by molar-refractivity contribution is 5.93. The molecule has 2 rings (SSSR count). The lowest BCUT2D eigenvalue weighted by Gasteiger charge is -2.11. The smallest absolute Gasteiger partial charge is 0.238 e. The zero-order valence-corrected chi connectivity index (χ0v) is 11.1. The Labute approximate surface area is 117 Å². The van der Waals surface area contributed by atoms with E-state index in [0.29, 0.717) is 11.3 Å². The predicted octanol–water partition coefficient (Wildman–Crippen LogP) is 2.44. The number of para-hydroxylation sites is 1. The molecule has 0 aliphatic carbocycles. The number of hydrogen-bond donors (Lipinski definition) is 2. The van der Waals surface area contributed by atoms with Gasteiger partial charge in [-0.05, 0) is 31.2 Å². The Morgan fingerprint density at radius 2 is 2.15 bits per heavy atom. The van der Waals surface area contributed by atoms with Gasteiger partial charge in [-0.1, -0.05) is 12.1 Å². The molecule has 0 saturated heterocycles. The summed E-state index contributed by atoms with van der Waals surface area (Å²) in [6.07, 6.45) is 1.59. The summed E-state index contributed by atoms with van der Waals surface area (Å²) >= 11 is 0. The maximum absolute atomic E-state index is 11.8. The third-order valence-corrected chi connectivity index (χ3v) is 2.86. The molecule has 0 aliphatic heterocycles. The molecular formula is C15H15N3O2. The SMILES string of the molecule is C[C@H](NCC(=O)Nc1ccccc1C#N)c1ccco1. The average Bonchev–Trinajstić information content (AvgIpc) is 2.99. The van der Waals surface area contributed by atoms with Crippen LogP contribution in [0.15, 0.2) is 47.1 Å². The van der Waals surface area contributed by atoms with Crippen molar-refractivity contribution in [1.29, 1.82) is 5.26 Å². The van der Waals surface area contributed by atoms with Crippen LogP contribution in [0.4, 0.5) is 5.69 Å². The highest BCUT2D eigenvalue weighted by Crippen LogP contribution is 2.14. The second-order valence-corrected chi connectivity index (χ2v) is 4.32. The van der Waals surface area contributed by atoms with Crippen LogP contribution in [-0.4, -0.2) is 12.5 Å². The molecule has 1 heterocycles. The summed E-state index contributed by atoms with van der Waals surface area (Å²) in [5.74, 6) is 0.571. The van der Waals surface area contributed by atoms with Crippen molar-refractivity contribution in [3.8, 4) is 6.07 Å². The molecule has 1 aromatic heterocycles. The van der Waals surface area contributed by atoms with Gasteiger partial charge in [0.1, 0.15) is 11.8 Å². The molecule has 20 heavy (non-hydrogen) atoms. The van der Waals surface area contributed by atoms with Crippen molar-refractivity contribution < 1.29 is 9.21 Å². The fraction of sp³-hybridized carbons (Fsp3) is 0.200. The van der Waals surface area contributed by atoms with Crippen LogP contribution in [0, 0.1) is 11.3 Å². The first-order valence-electron chi connectivity index (χ1n) is 6.26. The number of amides is 1. The van der Waals surface area contributed by atoms with E-state index in [-0.39, 0.29) is 18.5 Å². The number of nitriles is 1. The van der Waals surface area contributed by atoms with Crippen molar-refractivity contribution in [2.24, 2.45) is 0 Å². The van der Waals surface area contributed by atoms with Crippen molar-refractivity contribution in [2.45, 2.75) is 13.0 Å². The van der Waals surface area contributed by atoms with Crippen LogP contribution in [0.3, 0.4) is 0 Å². The molecule has 0 spiro atoms. The maximum atomic E-state index is 11.8. The fourth-order valence-corrected chi connectivity index (χ4v) is 1.77. The number of nitrogens with zero attached hydrogens (tertiary/aromatic N) is 1. The number of anilines is 1. The molecule has 0 bridgehead atoms. The number of carbonyl (C=O) groups excluding carboxylic acids is 1. The second kappa shape index (κ2) is 6.55. The van der Waals surface area contributed by atoms with E-state index in [1.54, 1.807) is 36.6 Å². The minimum atomic E-state index is -0.203. The number of carbonyl (C=O) groups is 1. The zero-order chi connectivity index (χ0) is 14.4. The molecule has 5 nitrogen and oxygen atoms in total. The Hall–Kier alpha value is -2.58. The molecule has 0 aliphatic rings. The lowest BCUT2D eigenvalue weighted by Crippen LogP contribution is -2.30. The molecule has 0 fully saturated rings. The van der Waals surface area contributed by atoms with E-state index in [1.807, 2.05) is 19.1 Å².